The summed E-state index contributed by atoms with van der Waals surface area (Å²) >= 11 is 0. The maximum absolute atomic E-state index is 12.1. The van der Waals surface area contributed by atoms with Gasteiger partial charge in [0.15, 0.2) is 0 Å². The van der Waals surface area contributed by atoms with E-state index in [0.29, 0.717) is 25.3 Å². The van der Waals surface area contributed by atoms with Crippen LogP contribution in [0.25, 0.3) is 0 Å². The molecule has 1 atom stereocenters. The number of nitrogens with zero attached hydrogens (tertiary/aromatic N) is 1. The number of amides is 2. The summed E-state index contributed by atoms with van der Waals surface area (Å²) in [5.41, 5.74) is -1.23. The third-order valence-electron chi connectivity index (χ3n) is 3.35. The van der Waals surface area contributed by atoms with Gasteiger partial charge in [0, 0.05) is 6.54 Å². The summed E-state index contributed by atoms with van der Waals surface area (Å²) in [6, 6.07) is -0.386. The van der Waals surface area contributed by atoms with Gasteiger partial charge in [-0.3, -0.25) is 0 Å². The van der Waals surface area contributed by atoms with Crippen LogP contribution in [0, 0.1) is 18.3 Å². The molecule has 1 aliphatic carbocycles. The normalized spacial score (nSPS) is 17.1. The Balaban J connectivity index is 2.67. The third kappa shape index (κ3) is 4.47. The van der Waals surface area contributed by atoms with Crippen molar-refractivity contribution in [2.75, 3.05) is 13.1 Å². The standard InChI is InChI=1S/C14H22N2O3/c1-4-8-14(3,12(17)18)15-13(19)16(9-5-2)10-11-6-7-11/h2,11H,4,6-10H2,1,3H3,(H,15,19)(H,17,18). The molecule has 5 heteroatoms. The number of hydrogen-bond acceptors (Lipinski definition) is 2. The zero-order chi connectivity index (χ0) is 14.5. The first-order valence-electron chi connectivity index (χ1n) is 6.67. The Morgan fingerprint density at radius 3 is 2.58 bits per heavy atom. The fourth-order valence-corrected chi connectivity index (χ4v) is 1.98. The predicted molar refractivity (Wildman–Crippen MR) is 72.6 cm³/mol. The van der Waals surface area contributed by atoms with Gasteiger partial charge in [-0.15, -0.1) is 6.42 Å². The first-order valence-corrected chi connectivity index (χ1v) is 6.67. The molecule has 1 saturated carbocycles. The molecule has 0 aliphatic heterocycles. The molecule has 1 unspecified atom stereocenters. The topological polar surface area (TPSA) is 69.6 Å². The largest absolute Gasteiger partial charge is 0.480 e. The number of urea groups is 1. The summed E-state index contributed by atoms with van der Waals surface area (Å²) < 4.78 is 0. The molecule has 2 amide bonds. The maximum Gasteiger partial charge on any atom is 0.329 e. The Kier molecular flexibility index (Phi) is 5.22. The van der Waals surface area contributed by atoms with Crippen molar-refractivity contribution in [2.45, 2.75) is 45.1 Å². The van der Waals surface area contributed by atoms with Gasteiger partial charge in [0.2, 0.25) is 0 Å². The van der Waals surface area contributed by atoms with Crippen molar-refractivity contribution in [1.29, 1.82) is 0 Å². The van der Waals surface area contributed by atoms with Gasteiger partial charge in [0.25, 0.3) is 0 Å². The first-order chi connectivity index (χ1) is 8.92. The molecule has 0 spiro atoms. The molecular formula is C14H22N2O3. The van der Waals surface area contributed by atoms with Gasteiger partial charge >= 0.3 is 12.0 Å². The van der Waals surface area contributed by atoms with Crippen molar-refractivity contribution in [2.24, 2.45) is 5.92 Å². The quantitative estimate of drug-likeness (QED) is 0.689. The molecule has 0 heterocycles. The zero-order valence-electron chi connectivity index (χ0n) is 11.6. The van der Waals surface area contributed by atoms with E-state index in [2.05, 4.69) is 11.2 Å². The lowest BCUT2D eigenvalue weighted by atomic mass is 9.96. The minimum Gasteiger partial charge on any atom is -0.480 e. The number of terminal acetylenes is 1. The summed E-state index contributed by atoms with van der Waals surface area (Å²) in [6.07, 6.45) is 8.55. The summed E-state index contributed by atoms with van der Waals surface area (Å²) in [4.78, 5) is 25.0. The molecule has 5 nitrogen and oxygen atoms in total. The van der Waals surface area contributed by atoms with E-state index in [0.717, 1.165) is 12.8 Å². The first kappa shape index (κ1) is 15.4. The molecule has 0 aromatic rings. The van der Waals surface area contributed by atoms with Gasteiger partial charge < -0.3 is 15.3 Å². The highest BCUT2D eigenvalue weighted by Crippen LogP contribution is 2.29. The average molecular weight is 266 g/mol. The van der Waals surface area contributed by atoms with E-state index < -0.39 is 11.5 Å². The zero-order valence-corrected chi connectivity index (χ0v) is 11.6. The van der Waals surface area contributed by atoms with Gasteiger partial charge in [-0.2, -0.15) is 0 Å². The van der Waals surface area contributed by atoms with Crippen LogP contribution in [0.5, 0.6) is 0 Å². The fourth-order valence-electron chi connectivity index (χ4n) is 1.98. The van der Waals surface area contributed by atoms with Crippen LogP contribution in [0.3, 0.4) is 0 Å². The van der Waals surface area contributed by atoms with Crippen LogP contribution < -0.4 is 5.32 Å². The van der Waals surface area contributed by atoms with Crippen molar-refractivity contribution >= 4 is 12.0 Å². The van der Waals surface area contributed by atoms with Gasteiger partial charge in [-0.05, 0) is 32.1 Å². The molecule has 106 valence electrons. The molecule has 1 fully saturated rings. The van der Waals surface area contributed by atoms with Crippen molar-refractivity contribution in [1.82, 2.24) is 10.2 Å². The molecular weight excluding hydrogens is 244 g/mol. The summed E-state index contributed by atoms with van der Waals surface area (Å²) in [7, 11) is 0. The Labute approximate surface area is 114 Å². The van der Waals surface area contributed by atoms with Crippen LogP contribution in [0.1, 0.15) is 39.5 Å². The van der Waals surface area contributed by atoms with E-state index >= 15 is 0 Å². The Morgan fingerprint density at radius 1 is 1.53 bits per heavy atom. The van der Waals surface area contributed by atoms with E-state index in [9.17, 15) is 14.7 Å². The second-order valence-electron chi connectivity index (χ2n) is 5.35. The van der Waals surface area contributed by atoms with E-state index in [1.165, 1.54) is 11.8 Å². The van der Waals surface area contributed by atoms with Gasteiger partial charge in [0.05, 0.1) is 6.54 Å². The molecule has 1 aliphatic rings. The van der Waals surface area contributed by atoms with Crippen LogP contribution in [-0.2, 0) is 4.79 Å². The number of nitrogens with one attached hydrogen (secondary N) is 1. The van der Waals surface area contributed by atoms with Crippen molar-refractivity contribution in [3.05, 3.63) is 0 Å². The molecule has 0 aromatic heterocycles. The van der Waals surface area contributed by atoms with E-state index in [4.69, 9.17) is 6.42 Å². The highest BCUT2D eigenvalue weighted by molar-refractivity contribution is 5.86. The lowest BCUT2D eigenvalue weighted by Crippen LogP contribution is -2.56. The lowest BCUT2D eigenvalue weighted by molar-refractivity contribution is -0.144. The second-order valence-corrected chi connectivity index (χ2v) is 5.35. The van der Waals surface area contributed by atoms with Gasteiger partial charge in [-0.1, -0.05) is 19.3 Å². The SMILES string of the molecule is C#CCN(CC1CC1)C(=O)NC(C)(CCC)C(=O)O. The molecule has 0 saturated heterocycles. The van der Waals surface area contributed by atoms with Gasteiger partial charge in [0.1, 0.15) is 5.54 Å². The van der Waals surface area contributed by atoms with E-state index in [-0.39, 0.29) is 12.6 Å². The summed E-state index contributed by atoms with van der Waals surface area (Å²) in [5, 5.41) is 11.8. The minimum atomic E-state index is -1.23. The fraction of sp³-hybridized carbons (Fsp3) is 0.714. The number of carbonyl (C=O) groups excluding carboxylic acids is 1. The summed E-state index contributed by atoms with van der Waals surface area (Å²) in [5.74, 6) is 1.94. The van der Waals surface area contributed by atoms with Crippen molar-refractivity contribution in [3.8, 4) is 12.3 Å². The number of hydrogen-bond donors (Lipinski definition) is 2. The Bertz CT molecular complexity index is 385. The molecule has 2 N–H and O–H groups in total. The highest BCUT2D eigenvalue weighted by Gasteiger charge is 2.36. The third-order valence-corrected chi connectivity index (χ3v) is 3.35. The number of carboxylic acid groups (broad SMARTS) is 1. The van der Waals surface area contributed by atoms with Crippen LogP contribution in [0.15, 0.2) is 0 Å². The average Bonchev–Trinajstić information content (AvgIpc) is 3.12. The number of aliphatic carboxylic acids is 1. The highest BCUT2D eigenvalue weighted by atomic mass is 16.4. The smallest absolute Gasteiger partial charge is 0.329 e. The Morgan fingerprint density at radius 2 is 2.16 bits per heavy atom. The molecule has 1 rings (SSSR count). The van der Waals surface area contributed by atoms with Crippen molar-refractivity contribution < 1.29 is 14.7 Å². The van der Waals surface area contributed by atoms with Crippen LogP contribution in [0.4, 0.5) is 4.79 Å². The van der Waals surface area contributed by atoms with E-state index in [1.807, 2.05) is 6.92 Å². The maximum atomic E-state index is 12.1. The molecule has 19 heavy (non-hydrogen) atoms. The second kappa shape index (κ2) is 6.46. The Hall–Kier alpha value is -1.70. The van der Waals surface area contributed by atoms with Gasteiger partial charge in [-0.25, -0.2) is 9.59 Å². The molecule has 0 radical (unpaired) electrons. The number of rotatable bonds is 7. The van der Waals surface area contributed by atoms with Crippen LogP contribution in [-0.4, -0.2) is 40.6 Å². The van der Waals surface area contributed by atoms with Crippen LogP contribution in [0.2, 0.25) is 0 Å². The van der Waals surface area contributed by atoms with Crippen molar-refractivity contribution in [3.63, 3.8) is 0 Å². The lowest BCUT2D eigenvalue weighted by Gasteiger charge is -2.30. The monoisotopic (exact) mass is 266 g/mol. The van der Waals surface area contributed by atoms with Crippen LogP contribution >= 0.6 is 0 Å². The summed E-state index contributed by atoms with van der Waals surface area (Å²) in [6.45, 7) is 4.24. The van der Waals surface area contributed by atoms with E-state index in [1.54, 1.807) is 0 Å². The molecule has 0 aromatic carbocycles. The predicted octanol–water partition coefficient (Wildman–Crippen LogP) is 1.68. The minimum absolute atomic E-state index is 0.212. The number of carboxylic acids is 1. The number of carbonyl (C=O) groups is 2. The molecule has 0 bridgehead atoms.